The van der Waals surface area contributed by atoms with Crippen LogP contribution in [0.5, 0.6) is 0 Å². The SMILES string of the molecule is Cc1cc(NC(=O)C2CCN(S(=O)(=O)c3ccc(Cl)cc3)CC2)nn1Cc1ccc(F)cc1Cl. The third-order valence-corrected chi connectivity index (χ3v) is 8.36. The Bertz CT molecular complexity index is 1300. The van der Waals surface area contributed by atoms with Crippen molar-refractivity contribution in [2.45, 2.75) is 31.2 Å². The molecule has 2 aromatic carbocycles. The summed E-state index contributed by atoms with van der Waals surface area (Å²) < 4.78 is 42.0. The van der Waals surface area contributed by atoms with Crippen LogP contribution in [0.4, 0.5) is 10.2 Å². The molecule has 1 saturated heterocycles. The van der Waals surface area contributed by atoms with Gasteiger partial charge in [-0.25, -0.2) is 12.8 Å². The molecule has 3 aromatic rings. The van der Waals surface area contributed by atoms with E-state index in [1.807, 2.05) is 6.92 Å². The Morgan fingerprint density at radius 2 is 1.79 bits per heavy atom. The Morgan fingerprint density at radius 1 is 1.12 bits per heavy atom. The second kappa shape index (κ2) is 10.0. The molecule has 0 atom stereocenters. The summed E-state index contributed by atoms with van der Waals surface area (Å²) in [4.78, 5) is 13.0. The number of halogens is 3. The molecule has 0 unspecified atom stereocenters. The summed E-state index contributed by atoms with van der Waals surface area (Å²) in [5.41, 5.74) is 1.51. The number of sulfonamides is 1. The first-order valence-electron chi connectivity index (χ1n) is 10.7. The second-order valence-electron chi connectivity index (χ2n) is 8.19. The van der Waals surface area contributed by atoms with Crippen LogP contribution in [0, 0.1) is 18.7 Å². The minimum Gasteiger partial charge on any atom is -0.309 e. The fourth-order valence-corrected chi connectivity index (χ4v) is 5.71. The Labute approximate surface area is 207 Å². The Hall–Kier alpha value is -2.46. The number of amides is 1. The van der Waals surface area contributed by atoms with Crippen LogP contribution in [0.15, 0.2) is 53.4 Å². The molecule has 1 aliphatic heterocycles. The van der Waals surface area contributed by atoms with Crippen molar-refractivity contribution in [2.24, 2.45) is 5.92 Å². The van der Waals surface area contributed by atoms with Gasteiger partial charge in [-0.1, -0.05) is 29.3 Å². The number of nitrogens with zero attached hydrogens (tertiary/aromatic N) is 3. The molecule has 0 saturated carbocycles. The summed E-state index contributed by atoms with van der Waals surface area (Å²) in [5.74, 6) is -0.537. The van der Waals surface area contributed by atoms with Crippen molar-refractivity contribution in [3.8, 4) is 0 Å². The first kappa shape index (κ1) is 24.7. The van der Waals surface area contributed by atoms with Crippen LogP contribution in [0.3, 0.4) is 0 Å². The molecule has 1 fully saturated rings. The maximum Gasteiger partial charge on any atom is 0.243 e. The number of carbonyl (C=O) groups is 1. The summed E-state index contributed by atoms with van der Waals surface area (Å²) in [7, 11) is -3.63. The number of piperidine rings is 1. The van der Waals surface area contributed by atoms with Gasteiger partial charge in [0.25, 0.3) is 0 Å². The van der Waals surface area contributed by atoms with Gasteiger partial charge >= 0.3 is 0 Å². The van der Waals surface area contributed by atoms with Gasteiger partial charge in [-0.05, 0) is 61.7 Å². The van der Waals surface area contributed by atoms with Crippen molar-refractivity contribution < 1.29 is 17.6 Å². The summed E-state index contributed by atoms with van der Waals surface area (Å²) in [6.07, 6.45) is 0.813. The van der Waals surface area contributed by atoms with Crippen LogP contribution < -0.4 is 5.32 Å². The molecule has 1 aromatic heterocycles. The summed E-state index contributed by atoms with van der Waals surface area (Å²) in [6, 6.07) is 12.0. The molecule has 4 rings (SSSR count). The lowest BCUT2D eigenvalue weighted by Crippen LogP contribution is -2.41. The highest BCUT2D eigenvalue weighted by Gasteiger charge is 2.32. The third-order valence-electron chi connectivity index (χ3n) is 5.84. The van der Waals surface area contributed by atoms with Gasteiger partial charge in [0, 0.05) is 40.8 Å². The molecule has 1 N–H and O–H groups in total. The van der Waals surface area contributed by atoms with Gasteiger partial charge in [0.2, 0.25) is 15.9 Å². The molecule has 0 bridgehead atoms. The van der Waals surface area contributed by atoms with Crippen molar-refractivity contribution in [3.63, 3.8) is 0 Å². The van der Waals surface area contributed by atoms with E-state index < -0.39 is 15.8 Å². The first-order valence-corrected chi connectivity index (χ1v) is 12.9. The molecule has 2 heterocycles. The lowest BCUT2D eigenvalue weighted by atomic mass is 9.97. The van der Waals surface area contributed by atoms with E-state index in [0.29, 0.717) is 40.8 Å². The molecule has 0 aliphatic carbocycles. The van der Waals surface area contributed by atoms with E-state index in [1.54, 1.807) is 28.9 Å². The molecule has 0 spiro atoms. The van der Waals surface area contributed by atoms with Crippen molar-refractivity contribution in [1.29, 1.82) is 0 Å². The monoisotopic (exact) mass is 524 g/mol. The predicted molar refractivity (Wildman–Crippen MR) is 129 cm³/mol. The van der Waals surface area contributed by atoms with Crippen LogP contribution in [-0.2, 0) is 21.4 Å². The predicted octanol–water partition coefficient (Wildman–Crippen LogP) is 4.73. The fraction of sp³-hybridized carbons (Fsp3) is 0.304. The molecule has 0 radical (unpaired) electrons. The van der Waals surface area contributed by atoms with Gasteiger partial charge in [-0.3, -0.25) is 9.48 Å². The maximum absolute atomic E-state index is 13.3. The smallest absolute Gasteiger partial charge is 0.243 e. The molecule has 11 heteroatoms. The van der Waals surface area contributed by atoms with Crippen LogP contribution in [-0.4, -0.2) is 41.5 Å². The van der Waals surface area contributed by atoms with E-state index >= 15 is 0 Å². The third kappa shape index (κ3) is 5.43. The summed E-state index contributed by atoms with van der Waals surface area (Å²) >= 11 is 12.0. The molecule has 34 heavy (non-hydrogen) atoms. The van der Waals surface area contributed by atoms with Gasteiger partial charge in [-0.2, -0.15) is 9.40 Å². The Kier molecular flexibility index (Phi) is 7.28. The van der Waals surface area contributed by atoms with Crippen molar-refractivity contribution >= 4 is 45.0 Å². The van der Waals surface area contributed by atoms with Crippen molar-refractivity contribution in [3.05, 3.63) is 75.7 Å². The topological polar surface area (TPSA) is 84.3 Å². The van der Waals surface area contributed by atoms with Crippen LogP contribution in [0.2, 0.25) is 10.0 Å². The van der Waals surface area contributed by atoms with Crippen LogP contribution in [0.1, 0.15) is 24.1 Å². The number of benzene rings is 2. The number of anilines is 1. The second-order valence-corrected chi connectivity index (χ2v) is 11.0. The van der Waals surface area contributed by atoms with E-state index in [2.05, 4.69) is 10.4 Å². The molecular formula is C23H23Cl2FN4O3S. The highest BCUT2D eigenvalue weighted by atomic mass is 35.5. The van der Waals surface area contributed by atoms with E-state index in [1.165, 1.54) is 28.6 Å². The molecular weight excluding hydrogens is 502 g/mol. The number of carbonyl (C=O) groups excluding carboxylic acids is 1. The van der Waals surface area contributed by atoms with Crippen LogP contribution >= 0.6 is 23.2 Å². The highest BCUT2D eigenvalue weighted by Crippen LogP contribution is 2.26. The fourth-order valence-electron chi connectivity index (χ4n) is 3.88. The zero-order valence-electron chi connectivity index (χ0n) is 18.3. The van der Waals surface area contributed by atoms with Gasteiger partial charge < -0.3 is 5.32 Å². The van der Waals surface area contributed by atoms with Crippen molar-refractivity contribution in [2.75, 3.05) is 18.4 Å². The lowest BCUT2D eigenvalue weighted by Gasteiger charge is -2.30. The summed E-state index contributed by atoms with van der Waals surface area (Å²) in [5, 5.41) is 8.02. The van der Waals surface area contributed by atoms with Crippen LogP contribution in [0.25, 0.3) is 0 Å². The van der Waals surface area contributed by atoms with E-state index in [0.717, 1.165) is 5.69 Å². The van der Waals surface area contributed by atoms with Gasteiger partial charge in [0.15, 0.2) is 5.82 Å². The van der Waals surface area contributed by atoms with Gasteiger partial charge in [0.05, 0.1) is 11.4 Å². The van der Waals surface area contributed by atoms with E-state index in [9.17, 15) is 17.6 Å². The van der Waals surface area contributed by atoms with E-state index in [-0.39, 0.29) is 29.8 Å². The standard InChI is InChI=1S/C23H23Cl2FN4O3S/c1-15-12-22(28-30(15)14-17-2-5-19(26)13-21(17)25)27-23(31)16-8-10-29(11-9-16)34(32,33)20-6-3-18(24)4-7-20/h2-7,12-13,16H,8-11,14H2,1H3,(H,27,28,31). The number of nitrogens with one attached hydrogen (secondary N) is 1. The number of aromatic nitrogens is 2. The lowest BCUT2D eigenvalue weighted by molar-refractivity contribution is -0.120. The number of hydrogen-bond acceptors (Lipinski definition) is 4. The zero-order valence-corrected chi connectivity index (χ0v) is 20.7. The molecule has 1 amide bonds. The normalized spacial score (nSPS) is 15.4. The Balaban J connectivity index is 1.36. The largest absolute Gasteiger partial charge is 0.309 e. The summed E-state index contributed by atoms with van der Waals surface area (Å²) in [6.45, 7) is 2.68. The van der Waals surface area contributed by atoms with Crippen molar-refractivity contribution in [1.82, 2.24) is 14.1 Å². The molecule has 180 valence electrons. The highest BCUT2D eigenvalue weighted by molar-refractivity contribution is 7.89. The maximum atomic E-state index is 13.3. The van der Waals surface area contributed by atoms with Gasteiger partial charge in [-0.15, -0.1) is 0 Å². The molecule has 1 aliphatic rings. The number of aryl methyl sites for hydroxylation is 1. The number of rotatable bonds is 6. The first-order chi connectivity index (χ1) is 16.1. The average molecular weight is 525 g/mol. The zero-order chi connectivity index (χ0) is 24.5. The Morgan fingerprint density at radius 3 is 2.44 bits per heavy atom. The number of hydrogen-bond donors (Lipinski definition) is 1. The van der Waals surface area contributed by atoms with Gasteiger partial charge in [0.1, 0.15) is 5.82 Å². The minimum atomic E-state index is -3.63. The quantitative estimate of drug-likeness (QED) is 0.505. The molecule has 7 nitrogen and oxygen atoms in total. The minimum absolute atomic E-state index is 0.182. The average Bonchev–Trinajstić information content (AvgIpc) is 3.14. The van der Waals surface area contributed by atoms with E-state index in [4.69, 9.17) is 23.2 Å².